The van der Waals surface area contributed by atoms with E-state index in [1.165, 1.54) is 0 Å². The molecule has 17 heavy (non-hydrogen) atoms. The number of nitro groups is 1. The second kappa shape index (κ2) is 5.19. The Balaban J connectivity index is 3.45. The van der Waals surface area contributed by atoms with Gasteiger partial charge in [0.1, 0.15) is 5.82 Å². The molecule has 0 aromatic heterocycles. The highest BCUT2D eigenvalue weighted by molar-refractivity contribution is 5.39. The normalized spacial score (nSPS) is 11.7. The first-order valence-corrected chi connectivity index (χ1v) is 4.30. The largest absolute Gasteiger partial charge is 0.396 e. The number of nitrogens with zero attached hydrogens (tertiary/aromatic N) is 4. The van der Waals surface area contributed by atoms with E-state index in [-0.39, 0.29) is 0 Å². The van der Waals surface area contributed by atoms with Crippen LogP contribution in [0.3, 0.4) is 0 Å². The highest BCUT2D eigenvalue weighted by Gasteiger charge is 2.26. The molecule has 0 heterocycles. The van der Waals surface area contributed by atoms with Gasteiger partial charge in [0.25, 0.3) is 0 Å². The zero-order valence-corrected chi connectivity index (χ0v) is 8.25. The average molecular weight is 244 g/mol. The number of halogens is 2. The third kappa shape index (κ3) is 2.47. The predicted octanol–water partition coefficient (Wildman–Crippen LogP) is 2.22. The van der Waals surface area contributed by atoms with Gasteiger partial charge in [-0.05, 0) is 11.6 Å². The molecular weight excluding hydrogens is 238 g/mol. The maximum Gasteiger partial charge on any atom is 0.305 e. The van der Waals surface area contributed by atoms with Gasteiger partial charge in [-0.2, -0.15) is 4.39 Å². The van der Waals surface area contributed by atoms with Crippen LogP contribution < -0.4 is 0 Å². The van der Waals surface area contributed by atoms with Crippen molar-refractivity contribution in [3.63, 3.8) is 0 Å². The first-order valence-electron chi connectivity index (χ1n) is 4.30. The van der Waals surface area contributed by atoms with Crippen LogP contribution in [0.5, 0.6) is 0 Å². The average Bonchev–Trinajstić information content (AvgIpc) is 2.27. The second-order valence-corrected chi connectivity index (χ2v) is 2.95. The van der Waals surface area contributed by atoms with Crippen LogP contribution in [-0.2, 0) is 0 Å². The van der Waals surface area contributed by atoms with E-state index in [4.69, 9.17) is 10.6 Å². The van der Waals surface area contributed by atoms with E-state index in [1.54, 1.807) is 0 Å². The molecule has 0 fully saturated rings. The molecule has 0 aliphatic rings. The lowest BCUT2D eigenvalue weighted by Gasteiger charge is -2.10. The molecule has 1 unspecified atom stereocenters. The minimum atomic E-state index is -1.54. The number of hydrogen-bond donors (Lipinski definition) is 1. The summed E-state index contributed by atoms with van der Waals surface area (Å²) in [5.74, 6) is -2.58. The molecule has 1 aromatic carbocycles. The van der Waals surface area contributed by atoms with Crippen LogP contribution in [0, 0.1) is 21.7 Å². The molecule has 9 heteroatoms. The summed E-state index contributed by atoms with van der Waals surface area (Å²) in [6.45, 7) is -0.862. The first kappa shape index (κ1) is 12.8. The van der Waals surface area contributed by atoms with E-state index in [2.05, 4.69) is 10.0 Å². The zero-order chi connectivity index (χ0) is 13.0. The Bertz CT molecular complexity index is 502. The Labute approximate surface area is 93.1 Å². The number of azide groups is 1. The summed E-state index contributed by atoms with van der Waals surface area (Å²) in [6.07, 6.45) is 0. The number of rotatable bonds is 4. The van der Waals surface area contributed by atoms with Gasteiger partial charge in [-0.25, -0.2) is 4.39 Å². The molecule has 1 aromatic rings. The van der Waals surface area contributed by atoms with Crippen molar-refractivity contribution in [1.29, 1.82) is 0 Å². The SMILES string of the molecule is [N-]=[N+]=NC(CO)c1c(F)ccc([N+](=O)[O-])c1F. The molecule has 0 bridgehead atoms. The minimum Gasteiger partial charge on any atom is -0.396 e. The van der Waals surface area contributed by atoms with Gasteiger partial charge in [0.2, 0.25) is 5.82 Å². The van der Waals surface area contributed by atoms with Gasteiger partial charge < -0.3 is 5.11 Å². The Morgan fingerprint density at radius 1 is 1.59 bits per heavy atom. The molecule has 90 valence electrons. The molecule has 0 saturated heterocycles. The summed E-state index contributed by atoms with van der Waals surface area (Å²) >= 11 is 0. The Morgan fingerprint density at radius 2 is 2.24 bits per heavy atom. The summed E-state index contributed by atoms with van der Waals surface area (Å²) in [6, 6.07) is -0.218. The van der Waals surface area contributed by atoms with Crippen molar-refractivity contribution in [3.8, 4) is 0 Å². The fourth-order valence-electron chi connectivity index (χ4n) is 1.25. The lowest BCUT2D eigenvalue weighted by molar-refractivity contribution is -0.387. The van der Waals surface area contributed by atoms with Crippen molar-refractivity contribution in [2.24, 2.45) is 5.11 Å². The maximum atomic E-state index is 13.6. The molecule has 1 N–H and O–H groups in total. The van der Waals surface area contributed by atoms with Gasteiger partial charge in [0.05, 0.1) is 17.6 Å². The molecule has 0 aliphatic carbocycles. The van der Waals surface area contributed by atoms with E-state index in [0.29, 0.717) is 12.1 Å². The lowest BCUT2D eigenvalue weighted by atomic mass is 10.1. The molecule has 1 rings (SSSR count). The van der Waals surface area contributed by atoms with Gasteiger partial charge in [-0.3, -0.25) is 10.1 Å². The van der Waals surface area contributed by atoms with E-state index in [9.17, 15) is 18.9 Å². The number of benzene rings is 1. The van der Waals surface area contributed by atoms with Crippen LogP contribution in [0.15, 0.2) is 17.2 Å². The lowest BCUT2D eigenvalue weighted by Crippen LogP contribution is -2.08. The van der Waals surface area contributed by atoms with Crippen molar-refractivity contribution in [1.82, 2.24) is 0 Å². The number of aliphatic hydroxyl groups is 1. The van der Waals surface area contributed by atoms with E-state index >= 15 is 0 Å². The summed E-state index contributed by atoms with van der Waals surface area (Å²) in [5, 5.41) is 22.2. The van der Waals surface area contributed by atoms with Gasteiger partial charge in [0, 0.05) is 16.5 Å². The number of aliphatic hydroxyl groups excluding tert-OH is 1. The van der Waals surface area contributed by atoms with Crippen LogP contribution in [0.1, 0.15) is 11.6 Å². The first-order chi connectivity index (χ1) is 8.02. The molecule has 7 nitrogen and oxygen atoms in total. The van der Waals surface area contributed by atoms with Crippen molar-refractivity contribution in [2.45, 2.75) is 6.04 Å². The van der Waals surface area contributed by atoms with E-state index in [1.807, 2.05) is 0 Å². The summed E-state index contributed by atoms with van der Waals surface area (Å²) < 4.78 is 26.9. The monoisotopic (exact) mass is 244 g/mol. The van der Waals surface area contributed by atoms with Crippen LogP contribution in [0.2, 0.25) is 0 Å². The van der Waals surface area contributed by atoms with Gasteiger partial charge in [-0.15, -0.1) is 0 Å². The quantitative estimate of drug-likeness (QED) is 0.288. The molecule has 0 spiro atoms. The van der Waals surface area contributed by atoms with Crippen LogP contribution >= 0.6 is 0 Å². The molecular formula is C8H6F2N4O3. The second-order valence-electron chi connectivity index (χ2n) is 2.95. The molecule has 0 radical (unpaired) electrons. The number of hydrogen-bond acceptors (Lipinski definition) is 4. The third-order valence-electron chi connectivity index (χ3n) is 2.00. The third-order valence-corrected chi connectivity index (χ3v) is 2.00. The molecule has 0 aliphatic heterocycles. The standard InChI is InChI=1S/C8H6F2N4O3/c9-4-1-2-6(14(16)17)8(10)7(4)5(3-15)12-13-11/h1-2,5,15H,3H2. The van der Waals surface area contributed by atoms with Gasteiger partial charge in [-0.1, -0.05) is 5.11 Å². The van der Waals surface area contributed by atoms with Crippen molar-refractivity contribution < 1.29 is 18.8 Å². The van der Waals surface area contributed by atoms with Crippen molar-refractivity contribution in [3.05, 3.63) is 49.9 Å². The highest BCUT2D eigenvalue weighted by Crippen LogP contribution is 2.29. The predicted molar refractivity (Wildman–Crippen MR) is 52.0 cm³/mol. The smallest absolute Gasteiger partial charge is 0.305 e. The Hall–Kier alpha value is -2.25. The molecule has 0 saturated carbocycles. The highest BCUT2D eigenvalue weighted by atomic mass is 19.1. The number of nitro benzene ring substituents is 1. The maximum absolute atomic E-state index is 13.6. The van der Waals surface area contributed by atoms with Crippen LogP contribution in [-0.4, -0.2) is 16.6 Å². The van der Waals surface area contributed by atoms with E-state index < -0.39 is 40.5 Å². The zero-order valence-electron chi connectivity index (χ0n) is 8.25. The fraction of sp³-hybridized carbons (Fsp3) is 0.250. The summed E-state index contributed by atoms with van der Waals surface area (Å²) in [5.41, 5.74) is 6.39. The summed E-state index contributed by atoms with van der Waals surface area (Å²) in [7, 11) is 0. The topological polar surface area (TPSA) is 112 Å². The fourth-order valence-corrected chi connectivity index (χ4v) is 1.25. The Kier molecular flexibility index (Phi) is 3.91. The minimum absolute atomic E-state index is 0.651. The van der Waals surface area contributed by atoms with Crippen molar-refractivity contribution in [2.75, 3.05) is 6.61 Å². The molecule has 0 amide bonds. The van der Waals surface area contributed by atoms with Crippen molar-refractivity contribution >= 4 is 5.69 Å². The summed E-state index contributed by atoms with van der Waals surface area (Å²) in [4.78, 5) is 11.7. The van der Waals surface area contributed by atoms with Gasteiger partial charge in [0.15, 0.2) is 0 Å². The van der Waals surface area contributed by atoms with Crippen LogP contribution in [0.4, 0.5) is 14.5 Å². The van der Waals surface area contributed by atoms with Gasteiger partial charge >= 0.3 is 5.69 Å². The Morgan fingerprint density at radius 3 is 2.71 bits per heavy atom. The van der Waals surface area contributed by atoms with Crippen LogP contribution in [0.25, 0.3) is 10.4 Å². The van der Waals surface area contributed by atoms with E-state index in [0.717, 1.165) is 0 Å². The molecule has 1 atom stereocenters.